The molecule has 1 amide bonds. The minimum atomic E-state index is -0.472. The van der Waals surface area contributed by atoms with Crippen molar-refractivity contribution in [1.82, 2.24) is 20.2 Å². The molecule has 0 radical (unpaired) electrons. The highest BCUT2D eigenvalue weighted by Gasteiger charge is 2.17. The van der Waals surface area contributed by atoms with Gasteiger partial charge in [0.2, 0.25) is 0 Å². The lowest BCUT2D eigenvalue weighted by Crippen LogP contribution is -2.16. The Balaban J connectivity index is 1.75. The van der Waals surface area contributed by atoms with Gasteiger partial charge in [-0.25, -0.2) is 5.43 Å². The predicted octanol–water partition coefficient (Wildman–Crippen LogP) is 2.70. The molecule has 0 aliphatic rings. The minimum Gasteiger partial charge on any atom is -0.311 e. The second-order valence-corrected chi connectivity index (χ2v) is 6.94. The SMILES string of the molecule is Cn1cnnc1Sc1ccc(C=NNC(=O)c2cccs2)cc1[N+](=O)[O-]. The van der Waals surface area contributed by atoms with E-state index < -0.39 is 4.92 Å². The molecule has 2 heterocycles. The first-order chi connectivity index (χ1) is 12.5. The van der Waals surface area contributed by atoms with E-state index in [2.05, 4.69) is 20.7 Å². The van der Waals surface area contributed by atoms with Gasteiger partial charge in [0.05, 0.1) is 20.9 Å². The maximum Gasteiger partial charge on any atom is 0.283 e. The first-order valence-corrected chi connectivity index (χ1v) is 8.91. The van der Waals surface area contributed by atoms with Crippen molar-refractivity contribution in [3.63, 3.8) is 0 Å². The Hall–Kier alpha value is -3.05. The average molecular weight is 388 g/mol. The molecule has 0 saturated heterocycles. The zero-order valence-corrected chi connectivity index (χ0v) is 15.0. The maximum atomic E-state index is 11.8. The first kappa shape index (κ1) is 17.8. The molecular formula is C15H12N6O3S2. The Labute approximate surface area is 155 Å². The van der Waals surface area contributed by atoms with E-state index in [0.29, 0.717) is 20.5 Å². The van der Waals surface area contributed by atoms with Gasteiger partial charge in [-0.1, -0.05) is 12.1 Å². The third kappa shape index (κ3) is 4.13. The zero-order chi connectivity index (χ0) is 18.5. The topological polar surface area (TPSA) is 115 Å². The summed E-state index contributed by atoms with van der Waals surface area (Å²) >= 11 is 2.44. The highest BCUT2D eigenvalue weighted by atomic mass is 32.2. The average Bonchev–Trinajstić information content (AvgIpc) is 3.28. The van der Waals surface area contributed by atoms with Crippen molar-refractivity contribution in [3.05, 3.63) is 62.6 Å². The molecule has 2 aromatic heterocycles. The molecule has 0 spiro atoms. The maximum absolute atomic E-state index is 11.8. The lowest BCUT2D eigenvalue weighted by molar-refractivity contribution is -0.387. The first-order valence-electron chi connectivity index (χ1n) is 7.22. The number of aryl methyl sites for hydroxylation is 1. The van der Waals surface area contributed by atoms with Crippen LogP contribution in [0.15, 0.2) is 57.2 Å². The van der Waals surface area contributed by atoms with Crippen molar-refractivity contribution in [2.75, 3.05) is 0 Å². The van der Waals surface area contributed by atoms with Crippen LogP contribution in [-0.4, -0.2) is 31.8 Å². The minimum absolute atomic E-state index is 0.0773. The van der Waals surface area contributed by atoms with Gasteiger partial charge in [-0.15, -0.1) is 21.5 Å². The standard InChI is InChI=1S/C15H12N6O3S2/c1-20-9-17-19-15(20)26-12-5-4-10(7-11(12)21(23)24)8-16-18-14(22)13-3-2-6-25-13/h2-9H,1H3,(H,18,22). The number of aromatic nitrogens is 3. The van der Waals surface area contributed by atoms with E-state index >= 15 is 0 Å². The summed E-state index contributed by atoms with van der Waals surface area (Å²) in [6, 6.07) is 8.12. The van der Waals surface area contributed by atoms with Crippen LogP contribution in [0.25, 0.3) is 0 Å². The van der Waals surface area contributed by atoms with Crippen molar-refractivity contribution < 1.29 is 9.72 Å². The Morgan fingerprint density at radius 2 is 2.31 bits per heavy atom. The second kappa shape index (κ2) is 7.89. The number of amides is 1. The summed E-state index contributed by atoms with van der Waals surface area (Å²) in [5.74, 6) is -0.333. The largest absolute Gasteiger partial charge is 0.311 e. The van der Waals surface area contributed by atoms with Crippen LogP contribution in [0.1, 0.15) is 15.2 Å². The molecule has 0 saturated carbocycles. The molecule has 0 atom stereocenters. The van der Waals surface area contributed by atoms with E-state index in [9.17, 15) is 14.9 Å². The molecule has 3 rings (SSSR count). The number of nitro benzene ring substituents is 1. The van der Waals surface area contributed by atoms with Crippen molar-refractivity contribution in [2.24, 2.45) is 12.1 Å². The molecule has 0 unspecified atom stereocenters. The number of thiophene rings is 1. The quantitative estimate of drug-likeness (QED) is 0.394. The third-order valence-electron chi connectivity index (χ3n) is 3.18. The smallest absolute Gasteiger partial charge is 0.283 e. The summed E-state index contributed by atoms with van der Waals surface area (Å²) < 4.78 is 1.67. The van der Waals surface area contributed by atoms with Crippen LogP contribution in [0.5, 0.6) is 0 Å². The Morgan fingerprint density at radius 3 is 2.96 bits per heavy atom. The summed E-state index contributed by atoms with van der Waals surface area (Å²) in [5, 5.41) is 25.2. The molecule has 3 aromatic rings. The van der Waals surface area contributed by atoms with Crippen molar-refractivity contribution in [3.8, 4) is 0 Å². The predicted molar refractivity (Wildman–Crippen MR) is 97.6 cm³/mol. The van der Waals surface area contributed by atoms with Crippen LogP contribution >= 0.6 is 23.1 Å². The monoisotopic (exact) mass is 388 g/mol. The number of hydrogen-bond donors (Lipinski definition) is 1. The number of hydrazone groups is 1. The summed E-state index contributed by atoms with van der Waals surface area (Å²) in [6.07, 6.45) is 2.88. The number of rotatable bonds is 6. The van der Waals surface area contributed by atoms with Gasteiger partial charge in [-0.2, -0.15) is 5.10 Å². The highest BCUT2D eigenvalue weighted by Crippen LogP contribution is 2.33. The number of carbonyl (C=O) groups excluding carboxylic acids is 1. The zero-order valence-electron chi connectivity index (χ0n) is 13.4. The Morgan fingerprint density at radius 1 is 1.46 bits per heavy atom. The van der Waals surface area contributed by atoms with Crippen LogP contribution in [0.3, 0.4) is 0 Å². The van der Waals surface area contributed by atoms with Gasteiger partial charge in [0, 0.05) is 18.7 Å². The van der Waals surface area contributed by atoms with Gasteiger partial charge in [0.25, 0.3) is 11.6 Å². The third-order valence-corrected chi connectivity index (χ3v) is 5.16. The summed E-state index contributed by atoms with van der Waals surface area (Å²) in [4.78, 5) is 23.7. The van der Waals surface area contributed by atoms with Crippen LogP contribution in [-0.2, 0) is 7.05 Å². The van der Waals surface area contributed by atoms with Crippen LogP contribution in [0, 0.1) is 10.1 Å². The second-order valence-electron chi connectivity index (χ2n) is 4.99. The van der Waals surface area contributed by atoms with Crippen LogP contribution < -0.4 is 5.43 Å². The van der Waals surface area contributed by atoms with Gasteiger partial charge in [0.15, 0.2) is 5.16 Å². The summed E-state index contributed by atoms with van der Waals surface area (Å²) in [7, 11) is 1.76. The molecule has 1 N–H and O–H groups in total. The molecule has 0 aliphatic heterocycles. The van der Waals surface area contributed by atoms with E-state index in [1.54, 1.807) is 41.3 Å². The number of hydrogen-bond acceptors (Lipinski definition) is 8. The molecule has 1 aromatic carbocycles. The molecule has 9 nitrogen and oxygen atoms in total. The fourth-order valence-corrected chi connectivity index (χ4v) is 3.40. The van der Waals surface area contributed by atoms with Crippen molar-refractivity contribution in [2.45, 2.75) is 10.1 Å². The Kier molecular flexibility index (Phi) is 5.39. The van der Waals surface area contributed by atoms with Crippen molar-refractivity contribution >= 4 is 40.9 Å². The van der Waals surface area contributed by atoms with E-state index in [4.69, 9.17) is 0 Å². The number of nitrogens with zero attached hydrogens (tertiary/aromatic N) is 5. The van der Waals surface area contributed by atoms with Gasteiger partial charge >= 0.3 is 0 Å². The molecule has 0 fully saturated rings. The number of nitro groups is 1. The van der Waals surface area contributed by atoms with Crippen LogP contribution in [0.4, 0.5) is 5.69 Å². The van der Waals surface area contributed by atoms with Gasteiger partial charge in [-0.05, 0) is 29.3 Å². The number of carbonyl (C=O) groups is 1. The fourth-order valence-electron chi connectivity index (χ4n) is 1.94. The molecular weight excluding hydrogens is 376 g/mol. The number of nitrogens with one attached hydrogen (secondary N) is 1. The lowest BCUT2D eigenvalue weighted by atomic mass is 10.2. The van der Waals surface area contributed by atoms with Gasteiger partial charge in [-0.3, -0.25) is 14.9 Å². The molecule has 0 aliphatic carbocycles. The normalized spacial score (nSPS) is 11.0. The molecule has 0 bridgehead atoms. The molecule has 26 heavy (non-hydrogen) atoms. The summed E-state index contributed by atoms with van der Waals surface area (Å²) in [6.45, 7) is 0. The van der Waals surface area contributed by atoms with Crippen LogP contribution in [0.2, 0.25) is 0 Å². The van der Waals surface area contributed by atoms with Gasteiger partial charge in [0.1, 0.15) is 6.33 Å². The van der Waals surface area contributed by atoms with Gasteiger partial charge < -0.3 is 4.57 Å². The highest BCUT2D eigenvalue weighted by molar-refractivity contribution is 7.99. The molecule has 11 heteroatoms. The number of benzene rings is 1. The van der Waals surface area contributed by atoms with E-state index in [-0.39, 0.29) is 11.6 Å². The Bertz CT molecular complexity index is 968. The van der Waals surface area contributed by atoms with E-state index in [1.165, 1.54) is 29.9 Å². The van der Waals surface area contributed by atoms with E-state index in [0.717, 1.165) is 11.8 Å². The van der Waals surface area contributed by atoms with E-state index in [1.807, 2.05) is 0 Å². The molecule has 132 valence electrons. The van der Waals surface area contributed by atoms with Crippen molar-refractivity contribution in [1.29, 1.82) is 0 Å². The summed E-state index contributed by atoms with van der Waals surface area (Å²) in [5.41, 5.74) is 2.80. The lowest BCUT2D eigenvalue weighted by Gasteiger charge is -2.03. The fraction of sp³-hybridized carbons (Fsp3) is 0.0667.